The molecule has 0 aliphatic rings. The summed E-state index contributed by atoms with van der Waals surface area (Å²) in [5, 5.41) is 18.9. The maximum Gasteiger partial charge on any atom is 0.341 e. The summed E-state index contributed by atoms with van der Waals surface area (Å²) in [6.45, 7) is 24.6. The Hall–Kier alpha value is -1.42. The normalized spacial score (nSPS) is 13.2. The molecule has 0 fully saturated rings. The zero-order chi connectivity index (χ0) is 19.0. The largest absolute Gasteiger partial charge is 0.341 e. The molecule has 0 spiro atoms. The van der Waals surface area contributed by atoms with Crippen molar-refractivity contribution in [1.82, 2.24) is 0 Å². The Balaban J connectivity index is 5.80. The molecule has 0 saturated heterocycles. The number of hydrogen-bond donors (Lipinski definition) is 0. The van der Waals surface area contributed by atoms with Gasteiger partial charge in [-0.3, -0.25) is 4.85 Å². The lowest BCUT2D eigenvalue weighted by molar-refractivity contribution is 0.292. The highest BCUT2D eigenvalue weighted by atomic mass is 15.3. The van der Waals surface area contributed by atoms with Crippen molar-refractivity contribution in [2.75, 3.05) is 0 Å². The molecule has 0 amide bonds. The van der Waals surface area contributed by atoms with Crippen LogP contribution in [0.2, 0.25) is 0 Å². The number of azo groups is 1. The summed E-state index contributed by atoms with van der Waals surface area (Å²) in [5.74, 6) is 1.45. The van der Waals surface area contributed by atoms with Gasteiger partial charge in [-0.05, 0) is 36.5 Å². The van der Waals surface area contributed by atoms with Crippen LogP contribution < -0.4 is 0 Å². The highest BCUT2D eigenvalue weighted by molar-refractivity contribution is 5.09. The summed E-state index contributed by atoms with van der Waals surface area (Å²) in [7, 11) is 0. The van der Waals surface area contributed by atoms with E-state index in [2.05, 4.69) is 76.5 Å². The third-order valence-electron chi connectivity index (χ3n) is 3.81. The molecule has 0 bridgehead atoms. The Labute approximate surface area is 149 Å². The van der Waals surface area contributed by atoms with E-state index in [-0.39, 0.29) is 0 Å². The predicted molar refractivity (Wildman–Crippen MR) is 100 cm³/mol. The molecule has 0 saturated carbocycles. The van der Waals surface area contributed by atoms with Crippen LogP contribution >= 0.6 is 0 Å². The van der Waals surface area contributed by atoms with E-state index in [1.165, 1.54) is 0 Å². The van der Waals surface area contributed by atoms with Crippen LogP contribution in [-0.2, 0) is 0 Å². The van der Waals surface area contributed by atoms with Crippen molar-refractivity contribution in [3.8, 4) is 6.07 Å². The van der Waals surface area contributed by atoms with Crippen LogP contribution in [0.1, 0.15) is 81.1 Å². The van der Waals surface area contributed by atoms with E-state index in [9.17, 15) is 5.26 Å². The van der Waals surface area contributed by atoms with Crippen molar-refractivity contribution >= 4 is 0 Å². The van der Waals surface area contributed by atoms with Gasteiger partial charge in [-0.2, -0.15) is 10.4 Å². The molecule has 0 N–H and O–H groups in total. The molecule has 4 nitrogen and oxygen atoms in total. The van der Waals surface area contributed by atoms with Gasteiger partial charge in [-0.15, -0.1) is 5.11 Å². The van der Waals surface area contributed by atoms with E-state index >= 15 is 0 Å². The Morgan fingerprint density at radius 3 is 1.42 bits per heavy atom. The number of rotatable bonds is 10. The minimum atomic E-state index is -0.835. The van der Waals surface area contributed by atoms with Gasteiger partial charge < -0.3 is 0 Å². The zero-order valence-corrected chi connectivity index (χ0v) is 16.9. The van der Waals surface area contributed by atoms with E-state index < -0.39 is 11.2 Å². The van der Waals surface area contributed by atoms with Crippen LogP contribution in [-0.4, -0.2) is 11.2 Å². The average Bonchev–Trinajstić information content (AvgIpc) is 2.42. The molecule has 0 aromatic rings. The molecule has 0 radical (unpaired) electrons. The molecule has 4 heteroatoms. The first-order valence-electron chi connectivity index (χ1n) is 9.23. The number of nitrogens with zero attached hydrogens (tertiary/aromatic N) is 4. The summed E-state index contributed by atoms with van der Waals surface area (Å²) >= 11 is 0. The van der Waals surface area contributed by atoms with Crippen LogP contribution in [0.4, 0.5) is 0 Å². The van der Waals surface area contributed by atoms with Gasteiger partial charge >= 0.3 is 5.66 Å². The number of hydrogen-bond acceptors (Lipinski definition) is 3. The monoisotopic (exact) mass is 332 g/mol. The lowest BCUT2D eigenvalue weighted by atomic mass is 9.84. The predicted octanol–water partition coefficient (Wildman–Crippen LogP) is 6.50. The van der Waals surface area contributed by atoms with E-state index in [4.69, 9.17) is 6.57 Å². The minimum absolute atomic E-state index is 0.361. The second kappa shape index (κ2) is 9.77. The Kier molecular flexibility index (Phi) is 9.20. The van der Waals surface area contributed by atoms with Crippen molar-refractivity contribution in [3.05, 3.63) is 11.4 Å². The van der Waals surface area contributed by atoms with Gasteiger partial charge in [0.2, 0.25) is 0 Å². The Bertz CT molecular complexity index is 411. The van der Waals surface area contributed by atoms with Crippen LogP contribution in [0, 0.1) is 41.6 Å². The topological polar surface area (TPSA) is 52.9 Å². The van der Waals surface area contributed by atoms with Gasteiger partial charge in [0.05, 0.1) is 18.9 Å². The molecular weight excluding hydrogens is 296 g/mol. The molecule has 136 valence electrons. The highest BCUT2D eigenvalue weighted by Crippen LogP contribution is 2.35. The van der Waals surface area contributed by atoms with Crippen molar-refractivity contribution in [3.63, 3.8) is 0 Å². The average molecular weight is 333 g/mol. The van der Waals surface area contributed by atoms with Crippen LogP contribution in [0.15, 0.2) is 10.2 Å². The molecule has 24 heavy (non-hydrogen) atoms. The summed E-state index contributed by atoms with van der Waals surface area (Å²) < 4.78 is 0. The zero-order valence-electron chi connectivity index (χ0n) is 16.9. The van der Waals surface area contributed by atoms with Crippen LogP contribution in [0.25, 0.3) is 4.85 Å². The fourth-order valence-corrected chi connectivity index (χ4v) is 3.40. The third-order valence-corrected chi connectivity index (χ3v) is 3.81. The third kappa shape index (κ3) is 7.91. The molecule has 0 aromatic carbocycles. The summed E-state index contributed by atoms with van der Waals surface area (Å²) in [6, 6.07) is 2.42. The van der Waals surface area contributed by atoms with E-state index in [1.54, 1.807) is 0 Å². The quantitative estimate of drug-likeness (QED) is 0.332. The Morgan fingerprint density at radius 1 is 0.792 bits per heavy atom. The van der Waals surface area contributed by atoms with Gasteiger partial charge in [0.1, 0.15) is 0 Å². The molecule has 0 aromatic heterocycles. The standard InChI is InChI=1S/C20H36N4/c1-15(2)10-19(14-21,11-16(3)4)23-24-20(22-9,12-17(5)6)13-18(7)8/h15-18H,10-13H2,1-8H3. The lowest BCUT2D eigenvalue weighted by Gasteiger charge is -2.27. The van der Waals surface area contributed by atoms with Gasteiger partial charge in [0.25, 0.3) is 0 Å². The van der Waals surface area contributed by atoms with Gasteiger partial charge in [-0.25, -0.2) is 6.57 Å². The highest BCUT2D eigenvalue weighted by Gasteiger charge is 2.41. The van der Waals surface area contributed by atoms with Crippen molar-refractivity contribution in [2.24, 2.45) is 33.9 Å². The van der Waals surface area contributed by atoms with Crippen molar-refractivity contribution < 1.29 is 0 Å². The van der Waals surface area contributed by atoms with E-state index in [0.29, 0.717) is 49.4 Å². The van der Waals surface area contributed by atoms with E-state index in [0.717, 1.165) is 0 Å². The molecule has 0 rings (SSSR count). The van der Waals surface area contributed by atoms with Crippen LogP contribution in [0.3, 0.4) is 0 Å². The lowest BCUT2D eigenvalue weighted by Crippen LogP contribution is -2.31. The maximum atomic E-state index is 9.83. The second-order valence-electron chi connectivity index (χ2n) is 8.83. The fraction of sp³-hybridized carbons (Fsp3) is 0.900. The Morgan fingerprint density at radius 2 is 1.17 bits per heavy atom. The number of nitriles is 1. The molecule has 0 aliphatic heterocycles. The van der Waals surface area contributed by atoms with Gasteiger partial charge in [-0.1, -0.05) is 55.4 Å². The minimum Gasteiger partial charge on any atom is -0.283 e. The van der Waals surface area contributed by atoms with E-state index in [1.807, 2.05) is 0 Å². The first-order valence-corrected chi connectivity index (χ1v) is 9.23. The fourth-order valence-electron chi connectivity index (χ4n) is 3.40. The first kappa shape index (κ1) is 22.6. The smallest absolute Gasteiger partial charge is 0.283 e. The summed E-state index contributed by atoms with van der Waals surface area (Å²) in [4.78, 5) is 3.88. The van der Waals surface area contributed by atoms with Crippen LogP contribution in [0.5, 0.6) is 0 Å². The first-order chi connectivity index (χ1) is 11.0. The molecule has 0 aliphatic carbocycles. The molecule has 0 heterocycles. The van der Waals surface area contributed by atoms with Crippen molar-refractivity contribution in [2.45, 2.75) is 92.3 Å². The maximum absolute atomic E-state index is 9.83. The molecule has 0 atom stereocenters. The summed E-state index contributed by atoms with van der Waals surface area (Å²) in [5.41, 5.74) is -1.65. The second-order valence-corrected chi connectivity index (χ2v) is 8.83. The molecular formula is C20H36N4. The molecule has 0 unspecified atom stereocenters. The summed E-state index contributed by atoms with van der Waals surface area (Å²) in [6.07, 6.45) is 2.73. The SMILES string of the molecule is [C-]#[N+]C(CC(C)C)(CC(C)C)N=NC(C#N)(CC(C)C)CC(C)C. The van der Waals surface area contributed by atoms with Gasteiger partial charge in [0.15, 0.2) is 5.54 Å². The van der Waals surface area contributed by atoms with Gasteiger partial charge in [0, 0.05) is 0 Å². The van der Waals surface area contributed by atoms with Crippen molar-refractivity contribution in [1.29, 1.82) is 5.26 Å².